The van der Waals surface area contributed by atoms with Crippen LogP contribution < -0.4 is 10.7 Å². The van der Waals surface area contributed by atoms with E-state index in [9.17, 15) is 5.11 Å². The van der Waals surface area contributed by atoms with Gasteiger partial charge in [0.2, 0.25) is 0 Å². The van der Waals surface area contributed by atoms with Gasteiger partial charge in [-0.05, 0) is 62.6 Å². The van der Waals surface area contributed by atoms with Gasteiger partial charge in [0.15, 0.2) is 5.11 Å². The van der Waals surface area contributed by atoms with Crippen LogP contribution in [-0.2, 0) is 6.54 Å². The van der Waals surface area contributed by atoms with Crippen LogP contribution in [0.2, 0.25) is 0 Å². The topological polar surface area (TPSA) is 104 Å². The van der Waals surface area contributed by atoms with E-state index in [4.69, 9.17) is 12.2 Å². The smallest absolute Gasteiger partial charge is 0.191 e. The quantitative estimate of drug-likeness (QED) is 0.272. The highest BCUT2D eigenvalue weighted by atomic mass is 35.5. The minimum atomic E-state index is 0. The minimum Gasteiger partial charge on any atom is -0.508 e. The maximum Gasteiger partial charge on any atom is 0.191 e. The van der Waals surface area contributed by atoms with Crippen molar-refractivity contribution >= 4 is 41.1 Å². The first-order valence-corrected chi connectivity index (χ1v) is 9.01. The highest BCUT2D eigenvalue weighted by Crippen LogP contribution is 2.23. The van der Waals surface area contributed by atoms with E-state index >= 15 is 0 Å². The molecule has 0 atom stereocenters. The zero-order valence-electron chi connectivity index (χ0n) is 16.3. The summed E-state index contributed by atoms with van der Waals surface area (Å²) in [6, 6.07) is 11.0. The van der Waals surface area contributed by atoms with Crippen molar-refractivity contribution in [3.8, 4) is 5.75 Å². The van der Waals surface area contributed by atoms with Crippen molar-refractivity contribution in [2.24, 2.45) is 5.10 Å². The van der Waals surface area contributed by atoms with Crippen LogP contribution in [-0.4, -0.2) is 44.4 Å². The predicted octanol–water partition coefficient (Wildman–Crippen LogP) is 2.94. The van der Waals surface area contributed by atoms with Crippen molar-refractivity contribution in [3.05, 3.63) is 53.9 Å². The number of anilines is 1. The van der Waals surface area contributed by atoms with Gasteiger partial charge >= 0.3 is 0 Å². The number of pyridine rings is 1. The van der Waals surface area contributed by atoms with Gasteiger partial charge in [-0.15, -0.1) is 12.4 Å². The molecule has 1 aromatic heterocycles. The summed E-state index contributed by atoms with van der Waals surface area (Å²) >= 11 is 5.29. The number of nitrogens with zero attached hydrogens (tertiary/aromatic N) is 3. The fourth-order valence-electron chi connectivity index (χ4n) is 2.41. The largest absolute Gasteiger partial charge is 0.508 e. The number of phenolic OH excluding ortho intramolecular Hbond substituents is 1. The van der Waals surface area contributed by atoms with Crippen LogP contribution in [0.3, 0.4) is 0 Å². The summed E-state index contributed by atoms with van der Waals surface area (Å²) in [7, 11) is 0. The lowest BCUT2D eigenvalue weighted by Crippen LogP contribution is -2.25. The molecule has 2 rings (SSSR count). The Labute approximate surface area is 177 Å². The number of aromatic nitrogens is 1. The van der Waals surface area contributed by atoms with Gasteiger partial charge in [0.25, 0.3) is 0 Å². The number of phenols is 1. The van der Waals surface area contributed by atoms with Crippen molar-refractivity contribution in [1.29, 1.82) is 0 Å². The average Bonchev–Trinajstić information content (AvgIpc) is 2.67. The molecule has 1 heterocycles. The third kappa shape index (κ3) is 7.77. The zero-order chi connectivity index (χ0) is 18.9. The zero-order valence-corrected chi connectivity index (χ0v) is 17.9. The lowest BCUT2D eigenvalue weighted by atomic mass is 10.1. The molecule has 0 spiro atoms. The molecule has 0 fully saturated rings. The molecule has 0 saturated heterocycles. The summed E-state index contributed by atoms with van der Waals surface area (Å²) in [5.74, 6) is 0.283. The fraction of sp³-hybridized carbons (Fsp3) is 0.316. The van der Waals surface area contributed by atoms with E-state index in [0.29, 0.717) is 11.7 Å². The van der Waals surface area contributed by atoms with Gasteiger partial charge in [-0.25, -0.2) is 0 Å². The average molecular weight is 426 g/mol. The van der Waals surface area contributed by atoms with Gasteiger partial charge in [0.1, 0.15) is 5.75 Å². The third-order valence-corrected chi connectivity index (χ3v) is 4.18. The number of hydrogen-bond acceptors (Lipinski definition) is 5. The Balaban J connectivity index is 0.00000364. The van der Waals surface area contributed by atoms with Crippen LogP contribution in [0.4, 0.5) is 5.69 Å². The van der Waals surface area contributed by atoms with Gasteiger partial charge in [0.05, 0.1) is 11.4 Å². The van der Waals surface area contributed by atoms with Crippen molar-refractivity contribution in [3.63, 3.8) is 0 Å². The Morgan fingerprint density at radius 3 is 2.54 bits per heavy atom. The summed E-state index contributed by atoms with van der Waals surface area (Å²) in [5.41, 5.74) is 6.00. The number of aromatic hydroxyl groups is 1. The molecule has 0 aliphatic carbocycles. The fourth-order valence-corrected chi connectivity index (χ4v) is 2.57. The lowest BCUT2D eigenvalue weighted by molar-refractivity contribution is 0.291. The number of hydrogen-bond donors (Lipinski definition) is 3. The number of nitrogens with one attached hydrogen (secondary N) is 2. The summed E-state index contributed by atoms with van der Waals surface area (Å²) < 4.78 is 0. The number of thiocarbonyl (C=S) groups is 1. The van der Waals surface area contributed by atoms with E-state index in [1.807, 2.05) is 31.2 Å². The van der Waals surface area contributed by atoms with Gasteiger partial charge in [-0.1, -0.05) is 19.9 Å². The molecular formula is C19H28ClN5O2S. The molecule has 0 saturated carbocycles. The highest BCUT2D eigenvalue weighted by molar-refractivity contribution is 7.80. The van der Waals surface area contributed by atoms with E-state index < -0.39 is 0 Å². The van der Waals surface area contributed by atoms with Crippen LogP contribution >= 0.6 is 24.6 Å². The summed E-state index contributed by atoms with van der Waals surface area (Å²) in [6.07, 6.45) is 1.72. The SMILES string of the molecule is CCN(CC)Cc1cc(NC(=S)N/N=C(\C)c2ccccn2)ccc1O.Cl.O. The van der Waals surface area contributed by atoms with E-state index in [1.54, 1.807) is 18.3 Å². The second kappa shape index (κ2) is 13.0. The molecule has 0 amide bonds. The van der Waals surface area contributed by atoms with E-state index in [2.05, 4.69) is 39.6 Å². The maximum atomic E-state index is 10.1. The Morgan fingerprint density at radius 2 is 1.93 bits per heavy atom. The standard InChI is InChI=1S/C19H25N5OS.ClH.H2O/c1-4-24(5-2)13-15-12-16(9-10-18(15)25)21-19(26)23-22-14(3)17-8-6-7-11-20-17;;/h6-12,25H,4-5,13H2,1-3H3,(H2,21,23,26);1H;1H2/b22-14+;;. The van der Waals surface area contributed by atoms with Crippen molar-refractivity contribution in [2.45, 2.75) is 27.3 Å². The molecule has 0 aliphatic rings. The summed E-state index contributed by atoms with van der Waals surface area (Å²) in [6.45, 7) is 8.60. The van der Waals surface area contributed by atoms with Crippen molar-refractivity contribution in [1.82, 2.24) is 15.3 Å². The summed E-state index contributed by atoms with van der Waals surface area (Å²) in [5, 5.41) is 17.8. The number of hydrazone groups is 1. The lowest BCUT2D eigenvalue weighted by Gasteiger charge is -2.19. The molecule has 7 nitrogen and oxygen atoms in total. The first-order valence-electron chi connectivity index (χ1n) is 8.60. The molecule has 0 unspecified atom stereocenters. The van der Waals surface area contributed by atoms with Crippen LogP contribution in [0.5, 0.6) is 5.75 Å². The molecule has 5 N–H and O–H groups in total. The van der Waals surface area contributed by atoms with E-state index in [1.165, 1.54) is 0 Å². The van der Waals surface area contributed by atoms with Crippen LogP contribution in [0.25, 0.3) is 0 Å². The van der Waals surface area contributed by atoms with Crippen LogP contribution in [0.15, 0.2) is 47.7 Å². The monoisotopic (exact) mass is 425 g/mol. The van der Waals surface area contributed by atoms with E-state index in [-0.39, 0.29) is 23.6 Å². The predicted molar refractivity (Wildman–Crippen MR) is 121 cm³/mol. The highest BCUT2D eigenvalue weighted by Gasteiger charge is 2.08. The number of halogens is 1. The molecule has 1 aromatic carbocycles. The van der Waals surface area contributed by atoms with Gasteiger partial charge in [-0.3, -0.25) is 15.3 Å². The molecule has 0 radical (unpaired) electrons. The number of benzene rings is 1. The Morgan fingerprint density at radius 1 is 1.21 bits per heavy atom. The van der Waals surface area contributed by atoms with Crippen molar-refractivity contribution in [2.75, 3.05) is 18.4 Å². The first kappa shape index (κ1) is 25.7. The van der Waals surface area contributed by atoms with Crippen LogP contribution in [0, 0.1) is 0 Å². The normalized spacial score (nSPS) is 10.6. The molecule has 0 aliphatic heterocycles. The summed E-state index contributed by atoms with van der Waals surface area (Å²) in [4.78, 5) is 6.47. The van der Waals surface area contributed by atoms with Crippen LogP contribution in [0.1, 0.15) is 32.0 Å². The van der Waals surface area contributed by atoms with Crippen molar-refractivity contribution < 1.29 is 10.6 Å². The maximum absolute atomic E-state index is 10.1. The third-order valence-electron chi connectivity index (χ3n) is 3.99. The minimum absolute atomic E-state index is 0. The Kier molecular flexibility index (Phi) is 12.0. The van der Waals surface area contributed by atoms with Gasteiger partial charge < -0.3 is 15.9 Å². The molecule has 154 valence electrons. The second-order valence-electron chi connectivity index (χ2n) is 5.78. The number of rotatable bonds is 7. The first-order chi connectivity index (χ1) is 12.5. The molecule has 2 aromatic rings. The molecular weight excluding hydrogens is 398 g/mol. The van der Waals surface area contributed by atoms with E-state index in [0.717, 1.165) is 35.7 Å². The van der Waals surface area contributed by atoms with Gasteiger partial charge in [-0.2, -0.15) is 5.10 Å². The Bertz CT molecular complexity index is 770. The molecule has 9 heteroatoms. The second-order valence-corrected chi connectivity index (χ2v) is 6.19. The Hall–Kier alpha value is -2.26. The molecule has 0 bridgehead atoms. The van der Waals surface area contributed by atoms with Gasteiger partial charge in [0, 0.05) is 24.0 Å². The molecule has 28 heavy (non-hydrogen) atoms.